The molecule has 0 saturated heterocycles. The van der Waals surface area contributed by atoms with Gasteiger partial charge in [-0.25, -0.2) is 0 Å². The molecule has 2 heterocycles. The summed E-state index contributed by atoms with van der Waals surface area (Å²) in [6.07, 6.45) is 3.52. The maximum absolute atomic E-state index is 5.63. The highest BCUT2D eigenvalue weighted by Gasteiger charge is 2.12. The topological polar surface area (TPSA) is 78.9 Å². The second-order valence-corrected chi connectivity index (χ2v) is 6.60. The lowest BCUT2D eigenvalue weighted by atomic mass is 10.1. The van der Waals surface area contributed by atoms with E-state index in [1.807, 2.05) is 91.1 Å². The maximum atomic E-state index is 5.63. The molecule has 0 atom stereocenters. The Balaban J connectivity index is 1.52. The number of amidine groups is 1. The van der Waals surface area contributed by atoms with Crippen molar-refractivity contribution in [3.63, 3.8) is 0 Å². The highest BCUT2D eigenvalue weighted by atomic mass is 16.4. The zero-order chi connectivity index (χ0) is 20.2. The van der Waals surface area contributed by atoms with Gasteiger partial charge in [0.25, 0.3) is 0 Å². The van der Waals surface area contributed by atoms with Gasteiger partial charge in [0.2, 0.25) is 0 Å². The summed E-state index contributed by atoms with van der Waals surface area (Å²) in [5, 5.41) is 9.72. The van der Waals surface area contributed by atoms with Crippen LogP contribution in [0.2, 0.25) is 0 Å². The minimum atomic E-state index is 0.223. The van der Waals surface area contributed by atoms with Gasteiger partial charge in [-0.2, -0.15) is 9.98 Å². The molecule has 0 aliphatic heterocycles. The average molecular weight is 391 g/mol. The Morgan fingerprint density at radius 2 is 1.57 bits per heavy atom. The first-order valence-electron chi connectivity index (χ1n) is 9.50. The highest BCUT2D eigenvalue weighted by Crippen LogP contribution is 2.29. The Morgan fingerprint density at radius 1 is 0.833 bits per heavy atom. The van der Waals surface area contributed by atoms with Gasteiger partial charge in [-0.05, 0) is 18.2 Å². The summed E-state index contributed by atoms with van der Waals surface area (Å²) in [7, 11) is 0. The number of nitrogens with zero attached hydrogens (tertiary/aromatic N) is 4. The maximum Gasteiger partial charge on any atom is 0.324 e. The molecular weight excluding hydrogens is 374 g/mol. The zero-order valence-electron chi connectivity index (χ0n) is 15.9. The first-order valence-corrected chi connectivity index (χ1v) is 9.50. The minimum absolute atomic E-state index is 0.223. The summed E-state index contributed by atoms with van der Waals surface area (Å²) >= 11 is 0. The molecule has 30 heavy (non-hydrogen) atoms. The van der Waals surface area contributed by atoms with Crippen LogP contribution < -0.4 is 0 Å². The largest absolute Gasteiger partial charge is 0.430 e. The number of aromatic amines is 1. The molecule has 1 N–H and O–H groups in total. The first kappa shape index (κ1) is 17.8. The third kappa shape index (κ3) is 3.66. The molecule has 0 unspecified atom stereocenters. The summed E-state index contributed by atoms with van der Waals surface area (Å²) in [6, 6.07) is 27.4. The predicted octanol–water partition coefficient (Wildman–Crippen LogP) is 6.69. The van der Waals surface area contributed by atoms with Crippen molar-refractivity contribution in [2.75, 3.05) is 0 Å². The fourth-order valence-corrected chi connectivity index (χ4v) is 3.14. The Labute approximate surface area is 172 Å². The molecule has 0 aliphatic rings. The van der Waals surface area contributed by atoms with E-state index < -0.39 is 0 Å². The molecule has 5 rings (SSSR count). The smallest absolute Gasteiger partial charge is 0.324 e. The number of aliphatic imine (C=N–C) groups is 1. The van der Waals surface area contributed by atoms with Crippen LogP contribution in [-0.2, 0) is 0 Å². The zero-order valence-corrected chi connectivity index (χ0v) is 15.9. The molecule has 0 amide bonds. The third-order valence-electron chi connectivity index (χ3n) is 4.61. The van der Waals surface area contributed by atoms with Crippen LogP contribution in [0.15, 0.2) is 117 Å². The SMILES string of the molecule is c1ccc(N=N/C(=N\c2nc(-c3c[nH]c4ccccc34)co2)c2ccccc2)cc1. The lowest BCUT2D eigenvalue weighted by Gasteiger charge is -1.99. The number of nitrogens with one attached hydrogen (secondary N) is 1. The molecule has 6 nitrogen and oxygen atoms in total. The van der Waals surface area contributed by atoms with Crippen molar-refractivity contribution in [3.05, 3.63) is 103 Å². The first-order chi connectivity index (χ1) is 14.9. The lowest BCUT2D eigenvalue weighted by molar-refractivity contribution is 0.570. The van der Waals surface area contributed by atoms with E-state index in [1.165, 1.54) is 0 Å². The number of H-pyrrole nitrogens is 1. The van der Waals surface area contributed by atoms with E-state index in [1.54, 1.807) is 6.26 Å². The molecule has 0 saturated carbocycles. The van der Waals surface area contributed by atoms with Crippen molar-refractivity contribution >= 4 is 28.4 Å². The van der Waals surface area contributed by atoms with Crippen LogP contribution in [0.25, 0.3) is 22.2 Å². The van der Waals surface area contributed by atoms with Gasteiger partial charge in [0.05, 0.1) is 5.69 Å². The van der Waals surface area contributed by atoms with Crippen LogP contribution in [0.1, 0.15) is 5.56 Å². The molecule has 3 aromatic carbocycles. The van der Waals surface area contributed by atoms with Gasteiger partial charge in [-0.15, -0.1) is 10.2 Å². The Kier molecular flexibility index (Phi) is 4.72. The number of benzene rings is 3. The molecule has 144 valence electrons. The van der Waals surface area contributed by atoms with E-state index >= 15 is 0 Å². The number of hydrogen-bond acceptors (Lipinski definition) is 4. The third-order valence-corrected chi connectivity index (χ3v) is 4.61. The van der Waals surface area contributed by atoms with Crippen molar-refractivity contribution < 1.29 is 4.42 Å². The molecule has 0 aliphatic carbocycles. The van der Waals surface area contributed by atoms with Crippen LogP contribution in [0.4, 0.5) is 11.7 Å². The van der Waals surface area contributed by atoms with E-state index in [-0.39, 0.29) is 6.01 Å². The monoisotopic (exact) mass is 391 g/mol. The predicted molar refractivity (Wildman–Crippen MR) is 117 cm³/mol. The molecule has 0 bridgehead atoms. The van der Waals surface area contributed by atoms with Gasteiger partial charge in [0, 0.05) is 28.2 Å². The second kappa shape index (κ2) is 7.97. The number of rotatable bonds is 4. The summed E-state index contributed by atoms with van der Waals surface area (Å²) in [6.45, 7) is 0. The Bertz CT molecular complexity index is 1330. The van der Waals surface area contributed by atoms with Gasteiger partial charge in [-0.3, -0.25) is 0 Å². The fourth-order valence-electron chi connectivity index (χ4n) is 3.14. The fraction of sp³-hybridized carbons (Fsp3) is 0. The standard InChI is InChI=1S/C24H17N5O/c1-3-9-17(10-4-1)23(29-28-18-11-5-2-6-12-18)27-24-26-22(16-30-24)20-15-25-21-14-8-7-13-19(20)21/h1-16,25H/b27-23-,29-28?. The van der Waals surface area contributed by atoms with E-state index in [4.69, 9.17) is 4.42 Å². The van der Waals surface area contributed by atoms with Crippen molar-refractivity contribution in [2.45, 2.75) is 0 Å². The molecule has 6 heteroatoms. The van der Waals surface area contributed by atoms with E-state index in [0.717, 1.165) is 27.7 Å². The Morgan fingerprint density at radius 3 is 2.40 bits per heavy atom. The molecule has 0 fully saturated rings. The molecule has 0 spiro atoms. The highest BCUT2D eigenvalue weighted by molar-refractivity contribution is 6.00. The second-order valence-electron chi connectivity index (χ2n) is 6.60. The van der Waals surface area contributed by atoms with Crippen LogP contribution in [0, 0.1) is 0 Å². The van der Waals surface area contributed by atoms with E-state index in [2.05, 4.69) is 25.2 Å². The quantitative estimate of drug-likeness (QED) is 0.210. The summed E-state index contributed by atoms with van der Waals surface area (Å²) in [5.74, 6) is 0.423. The minimum Gasteiger partial charge on any atom is -0.430 e. The summed E-state index contributed by atoms with van der Waals surface area (Å²) in [5.41, 5.74) is 4.28. The van der Waals surface area contributed by atoms with Gasteiger partial charge in [0.1, 0.15) is 12.0 Å². The summed E-state index contributed by atoms with van der Waals surface area (Å²) < 4.78 is 5.63. The van der Waals surface area contributed by atoms with Gasteiger partial charge in [-0.1, -0.05) is 66.7 Å². The Hall–Kier alpha value is -4.32. The number of azo groups is 1. The van der Waals surface area contributed by atoms with Gasteiger partial charge in [0.15, 0.2) is 5.84 Å². The molecule has 0 radical (unpaired) electrons. The van der Waals surface area contributed by atoms with Crippen LogP contribution in [-0.4, -0.2) is 15.8 Å². The van der Waals surface area contributed by atoms with Crippen molar-refractivity contribution in [2.24, 2.45) is 15.2 Å². The number of para-hydroxylation sites is 1. The van der Waals surface area contributed by atoms with Crippen molar-refractivity contribution in [1.82, 2.24) is 9.97 Å². The van der Waals surface area contributed by atoms with Gasteiger partial charge < -0.3 is 9.40 Å². The number of fused-ring (bicyclic) bond motifs is 1. The normalized spacial score (nSPS) is 12.1. The lowest BCUT2D eigenvalue weighted by Crippen LogP contribution is -1.95. The summed E-state index contributed by atoms with van der Waals surface area (Å²) in [4.78, 5) is 12.3. The average Bonchev–Trinajstić information content (AvgIpc) is 3.44. The van der Waals surface area contributed by atoms with Crippen LogP contribution >= 0.6 is 0 Å². The molecular formula is C24H17N5O. The van der Waals surface area contributed by atoms with Crippen LogP contribution in [0.3, 0.4) is 0 Å². The van der Waals surface area contributed by atoms with Crippen molar-refractivity contribution in [1.29, 1.82) is 0 Å². The molecule has 5 aromatic rings. The van der Waals surface area contributed by atoms with E-state index in [9.17, 15) is 0 Å². The number of hydrogen-bond donors (Lipinski definition) is 1. The van der Waals surface area contributed by atoms with Crippen LogP contribution in [0.5, 0.6) is 0 Å². The van der Waals surface area contributed by atoms with Crippen molar-refractivity contribution in [3.8, 4) is 11.3 Å². The number of oxazole rings is 1. The van der Waals surface area contributed by atoms with Gasteiger partial charge >= 0.3 is 6.01 Å². The number of aromatic nitrogens is 2. The van der Waals surface area contributed by atoms with E-state index in [0.29, 0.717) is 11.5 Å². The molecule has 2 aromatic heterocycles.